The summed E-state index contributed by atoms with van der Waals surface area (Å²) >= 11 is 0. The molecule has 4 heteroatoms. The van der Waals surface area contributed by atoms with Gasteiger partial charge < -0.3 is 15.2 Å². The van der Waals surface area contributed by atoms with Crippen molar-refractivity contribution in [3.63, 3.8) is 0 Å². The predicted octanol–water partition coefficient (Wildman–Crippen LogP) is 3.00. The van der Waals surface area contributed by atoms with Crippen molar-refractivity contribution in [2.75, 3.05) is 13.2 Å². The van der Waals surface area contributed by atoms with E-state index in [0.29, 0.717) is 13.0 Å². The van der Waals surface area contributed by atoms with Crippen LogP contribution in [0.3, 0.4) is 0 Å². The molecule has 23 heavy (non-hydrogen) atoms. The van der Waals surface area contributed by atoms with Gasteiger partial charge in [-0.15, -0.1) is 0 Å². The molecule has 0 radical (unpaired) electrons. The Kier molecular flexibility index (Phi) is 6.63. The number of aryl methyl sites for hydroxylation is 1. The second-order valence-electron chi connectivity index (χ2n) is 5.46. The van der Waals surface area contributed by atoms with Gasteiger partial charge >= 0.3 is 0 Å². The Hall–Kier alpha value is -2.33. The number of carbonyl (C=O) groups is 1. The van der Waals surface area contributed by atoms with Crippen molar-refractivity contribution in [3.05, 3.63) is 65.7 Å². The first kappa shape index (κ1) is 17.0. The molecule has 0 heterocycles. The molecule has 1 amide bonds. The lowest BCUT2D eigenvalue weighted by atomic mass is 10.0. The molecular weight excluding hydrogens is 290 g/mol. The number of nitrogens with one attached hydrogen (secondary N) is 1. The van der Waals surface area contributed by atoms with Gasteiger partial charge in [-0.2, -0.15) is 0 Å². The summed E-state index contributed by atoms with van der Waals surface area (Å²) in [5, 5.41) is 12.1. The van der Waals surface area contributed by atoms with Crippen molar-refractivity contribution >= 4 is 5.91 Å². The molecule has 0 aliphatic carbocycles. The highest BCUT2D eigenvalue weighted by Gasteiger charge is 2.13. The summed E-state index contributed by atoms with van der Waals surface area (Å²) in [6, 6.07) is 17.2. The van der Waals surface area contributed by atoms with Gasteiger partial charge in [0.15, 0.2) is 0 Å². The van der Waals surface area contributed by atoms with Crippen LogP contribution in [0.1, 0.15) is 30.0 Å². The van der Waals surface area contributed by atoms with E-state index in [9.17, 15) is 9.90 Å². The Bertz CT molecular complexity index is 613. The standard InChI is InChI=1S/C19H23NO3/c1-15-6-5-9-17(14-15)23-13-11-19(22)20-18(10-12-21)16-7-3-2-4-8-16/h2-9,14,18,21H,10-13H2,1H3,(H,20,22). The maximum Gasteiger partial charge on any atom is 0.223 e. The van der Waals surface area contributed by atoms with Crippen molar-refractivity contribution in [1.82, 2.24) is 5.32 Å². The third-order valence-electron chi connectivity index (χ3n) is 3.54. The molecule has 0 aromatic heterocycles. The van der Waals surface area contributed by atoms with E-state index in [0.717, 1.165) is 16.9 Å². The fourth-order valence-corrected chi connectivity index (χ4v) is 2.37. The topological polar surface area (TPSA) is 58.6 Å². The van der Waals surface area contributed by atoms with Crippen molar-refractivity contribution in [3.8, 4) is 5.75 Å². The summed E-state index contributed by atoms with van der Waals surface area (Å²) in [6.45, 7) is 2.36. The average molecular weight is 313 g/mol. The SMILES string of the molecule is Cc1cccc(OCCC(=O)NC(CCO)c2ccccc2)c1. The molecule has 0 bridgehead atoms. The number of rotatable bonds is 8. The molecule has 0 aliphatic heterocycles. The number of hydrogen-bond acceptors (Lipinski definition) is 3. The highest BCUT2D eigenvalue weighted by Crippen LogP contribution is 2.16. The fraction of sp³-hybridized carbons (Fsp3) is 0.316. The molecule has 2 rings (SSSR count). The van der Waals surface area contributed by atoms with Crippen LogP contribution < -0.4 is 10.1 Å². The van der Waals surface area contributed by atoms with Gasteiger partial charge in [-0.25, -0.2) is 0 Å². The van der Waals surface area contributed by atoms with Gasteiger partial charge in [-0.3, -0.25) is 4.79 Å². The molecule has 1 unspecified atom stereocenters. The maximum absolute atomic E-state index is 12.1. The molecule has 2 aromatic rings. The number of amides is 1. The minimum Gasteiger partial charge on any atom is -0.493 e. The van der Waals surface area contributed by atoms with E-state index in [1.165, 1.54) is 0 Å². The lowest BCUT2D eigenvalue weighted by Crippen LogP contribution is -2.30. The van der Waals surface area contributed by atoms with Crippen LogP contribution in [0.25, 0.3) is 0 Å². The van der Waals surface area contributed by atoms with Crippen LogP contribution >= 0.6 is 0 Å². The second kappa shape index (κ2) is 8.96. The smallest absolute Gasteiger partial charge is 0.223 e. The number of carbonyl (C=O) groups excluding carboxylic acids is 1. The van der Waals surface area contributed by atoms with Gasteiger partial charge in [0.05, 0.1) is 19.1 Å². The Morgan fingerprint density at radius 2 is 1.96 bits per heavy atom. The zero-order chi connectivity index (χ0) is 16.5. The second-order valence-corrected chi connectivity index (χ2v) is 5.46. The van der Waals surface area contributed by atoms with Crippen LogP contribution in [0.15, 0.2) is 54.6 Å². The molecular formula is C19H23NO3. The number of aliphatic hydroxyl groups excluding tert-OH is 1. The van der Waals surface area contributed by atoms with Crippen molar-refractivity contribution in [2.24, 2.45) is 0 Å². The molecule has 2 N–H and O–H groups in total. The molecule has 0 aliphatic rings. The fourth-order valence-electron chi connectivity index (χ4n) is 2.37. The molecule has 122 valence electrons. The summed E-state index contributed by atoms with van der Waals surface area (Å²) in [7, 11) is 0. The van der Waals surface area contributed by atoms with Crippen LogP contribution in [-0.2, 0) is 4.79 Å². The summed E-state index contributed by atoms with van der Waals surface area (Å²) in [5.41, 5.74) is 2.12. The predicted molar refractivity (Wildman–Crippen MR) is 90.3 cm³/mol. The number of ether oxygens (including phenoxy) is 1. The highest BCUT2D eigenvalue weighted by atomic mass is 16.5. The van der Waals surface area contributed by atoms with E-state index in [-0.39, 0.29) is 25.0 Å². The summed E-state index contributed by atoms with van der Waals surface area (Å²) < 4.78 is 5.59. The van der Waals surface area contributed by atoms with Crippen molar-refractivity contribution < 1.29 is 14.6 Å². The summed E-state index contributed by atoms with van der Waals surface area (Å²) in [5.74, 6) is 0.688. The Morgan fingerprint density at radius 1 is 1.17 bits per heavy atom. The minimum absolute atomic E-state index is 0.0274. The van der Waals surface area contributed by atoms with Gasteiger partial charge in [0.2, 0.25) is 5.91 Å². The van der Waals surface area contributed by atoms with Crippen LogP contribution in [0.5, 0.6) is 5.75 Å². The molecule has 0 spiro atoms. The average Bonchev–Trinajstić information content (AvgIpc) is 2.55. The number of benzene rings is 2. The first-order valence-corrected chi connectivity index (χ1v) is 7.83. The van der Waals surface area contributed by atoms with E-state index < -0.39 is 0 Å². The monoisotopic (exact) mass is 313 g/mol. The van der Waals surface area contributed by atoms with Gasteiger partial charge in [0, 0.05) is 6.61 Å². The van der Waals surface area contributed by atoms with E-state index >= 15 is 0 Å². The van der Waals surface area contributed by atoms with Gasteiger partial charge in [-0.1, -0.05) is 42.5 Å². The zero-order valence-corrected chi connectivity index (χ0v) is 13.4. The lowest BCUT2D eigenvalue weighted by Gasteiger charge is -2.18. The van der Waals surface area contributed by atoms with Crippen LogP contribution in [0.2, 0.25) is 0 Å². The molecule has 2 aromatic carbocycles. The molecule has 1 atom stereocenters. The van der Waals surface area contributed by atoms with E-state index in [1.54, 1.807) is 0 Å². The normalized spacial score (nSPS) is 11.7. The van der Waals surface area contributed by atoms with Crippen LogP contribution in [0, 0.1) is 6.92 Å². The lowest BCUT2D eigenvalue weighted by molar-refractivity contribution is -0.122. The maximum atomic E-state index is 12.1. The van der Waals surface area contributed by atoms with Crippen LogP contribution in [-0.4, -0.2) is 24.2 Å². The van der Waals surface area contributed by atoms with E-state index in [1.807, 2.05) is 61.5 Å². The molecule has 0 saturated carbocycles. The minimum atomic E-state index is -0.173. The number of aliphatic hydroxyl groups is 1. The van der Waals surface area contributed by atoms with Crippen LogP contribution in [0.4, 0.5) is 0 Å². The van der Waals surface area contributed by atoms with Gasteiger partial charge in [0.1, 0.15) is 5.75 Å². The molecule has 0 saturated heterocycles. The first-order valence-electron chi connectivity index (χ1n) is 7.83. The van der Waals surface area contributed by atoms with Gasteiger partial charge in [-0.05, 0) is 36.6 Å². The summed E-state index contributed by atoms with van der Waals surface area (Å²) in [4.78, 5) is 12.1. The largest absolute Gasteiger partial charge is 0.493 e. The number of hydrogen-bond donors (Lipinski definition) is 2. The quantitative estimate of drug-likeness (QED) is 0.787. The van der Waals surface area contributed by atoms with Crippen molar-refractivity contribution in [1.29, 1.82) is 0 Å². The third kappa shape index (κ3) is 5.75. The Labute approximate surface area is 137 Å². The van der Waals surface area contributed by atoms with E-state index in [2.05, 4.69) is 5.32 Å². The zero-order valence-electron chi connectivity index (χ0n) is 13.4. The Morgan fingerprint density at radius 3 is 2.65 bits per heavy atom. The summed E-state index contributed by atoms with van der Waals surface area (Å²) in [6.07, 6.45) is 0.775. The van der Waals surface area contributed by atoms with E-state index in [4.69, 9.17) is 4.74 Å². The first-order chi connectivity index (χ1) is 11.2. The molecule has 0 fully saturated rings. The van der Waals surface area contributed by atoms with Crippen molar-refractivity contribution in [2.45, 2.75) is 25.8 Å². The molecule has 4 nitrogen and oxygen atoms in total. The highest BCUT2D eigenvalue weighted by molar-refractivity contribution is 5.76. The Balaban J connectivity index is 1.82. The third-order valence-corrected chi connectivity index (χ3v) is 3.54. The van der Waals surface area contributed by atoms with Gasteiger partial charge in [0.25, 0.3) is 0 Å².